The van der Waals surface area contributed by atoms with Gasteiger partial charge in [0, 0.05) is 25.8 Å². The van der Waals surface area contributed by atoms with Crippen molar-refractivity contribution in [3.05, 3.63) is 23.8 Å². The van der Waals surface area contributed by atoms with E-state index in [1.165, 1.54) is 12.5 Å². The fourth-order valence-corrected chi connectivity index (χ4v) is 5.44. The fourth-order valence-electron chi connectivity index (χ4n) is 4.81. The molecule has 0 saturated carbocycles. The van der Waals surface area contributed by atoms with Crippen LogP contribution in [0.5, 0.6) is 5.75 Å². The Morgan fingerprint density at radius 2 is 1.94 bits per heavy atom. The minimum absolute atomic E-state index is 0.0586. The number of likely N-dealkylation sites (N-methyl/N-ethyl adjacent to an activating group) is 1. The third kappa shape index (κ3) is 5.43. The number of anilines is 1. The number of nitrogens with one attached hydrogen (secondary N) is 1. The number of carbonyl (C=O) groups excluding carboxylic acids is 2. The number of rotatable bonds is 5. The molecule has 0 radical (unpaired) electrons. The highest BCUT2D eigenvalue weighted by molar-refractivity contribution is 7.92. The molecular weight excluding hydrogens is 446 g/mol. The van der Waals surface area contributed by atoms with Gasteiger partial charge in [-0.2, -0.15) is 0 Å². The van der Waals surface area contributed by atoms with Crippen LogP contribution in [0.4, 0.5) is 5.69 Å². The highest BCUT2D eigenvalue weighted by atomic mass is 32.2. The predicted molar refractivity (Wildman–Crippen MR) is 124 cm³/mol. The molecule has 1 N–H and O–H groups in total. The molecular formula is C23H33N3O6S. The van der Waals surface area contributed by atoms with Crippen LogP contribution in [0.1, 0.15) is 55.8 Å². The topological polar surface area (TPSA) is 105 Å². The van der Waals surface area contributed by atoms with Crippen molar-refractivity contribution in [1.29, 1.82) is 0 Å². The van der Waals surface area contributed by atoms with Gasteiger partial charge in [0.2, 0.25) is 15.9 Å². The summed E-state index contributed by atoms with van der Waals surface area (Å²) in [7, 11) is -1.72. The van der Waals surface area contributed by atoms with Crippen LogP contribution in [-0.2, 0) is 19.6 Å². The van der Waals surface area contributed by atoms with Crippen LogP contribution in [0.25, 0.3) is 0 Å². The molecule has 3 atom stereocenters. The Kier molecular flexibility index (Phi) is 7.13. The van der Waals surface area contributed by atoms with E-state index in [0.29, 0.717) is 36.3 Å². The molecule has 2 amide bonds. The molecule has 33 heavy (non-hydrogen) atoms. The summed E-state index contributed by atoms with van der Waals surface area (Å²) in [6, 6.07) is 4.53. The van der Waals surface area contributed by atoms with Crippen LogP contribution >= 0.6 is 0 Å². The molecule has 3 heterocycles. The van der Waals surface area contributed by atoms with Crippen LogP contribution in [0, 0.1) is 0 Å². The van der Waals surface area contributed by atoms with Crippen LogP contribution < -0.4 is 9.46 Å². The van der Waals surface area contributed by atoms with Gasteiger partial charge in [-0.1, -0.05) is 0 Å². The van der Waals surface area contributed by atoms with E-state index < -0.39 is 10.0 Å². The zero-order valence-corrected chi connectivity index (χ0v) is 20.1. The molecule has 0 spiro atoms. The largest absolute Gasteiger partial charge is 0.490 e. The second-order valence-corrected chi connectivity index (χ2v) is 11.0. The third-order valence-corrected chi connectivity index (χ3v) is 8.08. The van der Waals surface area contributed by atoms with Gasteiger partial charge in [-0.15, -0.1) is 0 Å². The third-order valence-electron chi connectivity index (χ3n) is 6.78. The quantitative estimate of drug-likeness (QED) is 0.694. The summed E-state index contributed by atoms with van der Waals surface area (Å²) in [5, 5.41) is 0. The van der Waals surface area contributed by atoms with Gasteiger partial charge in [0.25, 0.3) is 5.91 Å². The number of carbonyl (C=O) groups is 2. The lowest BCUT2D eigenvalue weighted by atomic mass is 9.94. The van der Waals surface area contributed by atoms with Crippen LogP contribution in [-0.4, -0.2) is 80.8 Å². The average molecular weight is 480 g/mol. The Labute approximate surface area is 195 Å². The number of piperidine rings is 1. The molecule has 0 unspecified atom stereocenters. The first-order chi connectivity index (χ1) is 15.8. The first-order valence-electron chi connectivity index (χ1n) is 11.7. The highest BCUT2D eigenvalue weighted by Gasteiger charge is 2.39. The fraction of sp³-hybridized carbons (Fsp3) is 0.652. The standard InChI is InChI=1S/C23H33N3O6S/c1-3-33(29,30)24-16-7-10-20-18(13-16)23(28)25(2)19-9-8-17(32-21(19)15-31-20)14-22(27)26-11-5-4-6-12-26/h7,10,13,17,19,21,24H,3-6,8-9,11-12,14-15H2,1-2H3/t17-,19-,21+/m1/s1. The van der Waals surface area contributed by atoms with Gasteiger partial charge in [0.05, 0.1) is 29.9 Å². The Morgan fingerprint density at radius 3 is 2.67 bits per heavy atom. The van der Waals surface area contributed by atoms with Crippen molar-refractivity contribution in [2.75, 3.05) is 37.2 Å². The molecule has 2 saturated heterocycles. The number of likely N-dealkylation sites (tertiary alicyclic amines) is 1. The van der Waals surface area contributed by atoms with E-state index in [0.717, 1.165) is 25.9 Å². The lowest BCUT2D eigenvalue weighted by Crippen LogP contribution is -2.54. The molecule has 4 rings (SSSR count). The number of amides is 2. The molecule has 3 aliphatic rings. The van der Waals surface area contributed by atoms with Gasteiger partial charge in [-0.3, -0.25) is 14.3 Å². The number of sulfonamides is 1. The van der Waals surface area contributed by atoms with Crippen molar-refractivity contribution in [3.63, 3.8) is 0 Å². The van der Waals surface area contributed by atoms with E-state index in [-0.39, 0.29) is 42.4 Å². The molecule has 182 valence electrons. The first kappa shape index (κ1) is 23.8. The van der Waals surface area contributed by atoms with Gasteiger partial charge >= 0.3 is 0 Å². The zero-order valence-electron chi connectivity index (χ0n) is 19.3. The van der Waals surface area contributed by atoms with Crippen molar-refractivity contribution < 1.29 is 27.5 Å². The van der Waals surface area contributed by atoms with Crippen molar-refractivity contribution in [2.45, 2.75) is 63.7 Å². The summed E-state index contributed by atoms with van der Waals surface area (Å²) in [5.74, 6) is 0.224. The maximum atomic E-state index is 13.2. The monoisotopic (exact) mass is 479 g/mol. The molecule has 3 aliphatic heterocycles. The highest BCUT2D eigenvalue weighted by Crippen LogP contribution is 2.33. The second-order valence-electron chi connectivity index (χ2n) is 9.03. The summed E-state index contributed by atoms with van der Waals surface area (Å²) in [5.41, 5.74) is 0.643. The summed E-state index contributed by atoms with van der Waals surface area (Å²) in [6.45, 7) is 3.45. The predicted octanol–water partition coefficient (Wildman–Crippen LogP) is 2.23. The summed E-state index contributed by atoms with van der Waals surface area (Å²) < 4.78 is 38.5. The molecule has 0 aromatic heterocycles. The Hall–Kier alpha value is -2.33. The summed E-state index contributed by atoms with van der Waals surface area (Å²) in [4.78, 5) is 29.5. The van der Waals surface area contributed by atoms with Gasteiger partial charge in [-0.25, -0.2) is 8.42 Å². The number of hydrogen-bond donors (Lipinski definition) is 1. The minimum Gasteiger partial charge on any atom is -0.490 e. The zero-order chi connectivity index (χ0) is 23.6. The maximum absolute atomic E-state index is 13.2. The summed E-state index contributed by atoms with van der Waals surface area (Å²) in [6.07, 6.45) is 4.55. The van der Waals surface area contributed by atoms with Gasteiger partial charge in [0.15, 0.2) is 0 Å². The van der Waals surface area contributed by atoms with E-state index in [1.54, 1.807) is 31.0 Å². The van der Waals surface area contributed by atoms with Gasteiger partial charge in [0.1, 0.15) is 18.5 Å². The van der Waals surface area contributed by atoms with Crippen LogP contribution in [0.3, 0.4) is 0 Å². The molecule has 9 nitrogen and oxygen atoms in total. The van der Waals surface area contributed by atoms with Gasteiger partial charge < -0.3 is 19.3 Å². The number of hydrogen-bond acceptors (Lipinski definition) is 6. The van der Waals surface area contributed by atoms with Crippen LogP contribution in [0.15, 0.2) is 18.2 Å². The smallest absolute Gasteiger partial charge is 0.257 e. The number of benzene rings is 1. The average Bonchev–Trinajstić information content (AvgIpc) is 2.82. The molecule has 1 aromatic carbocycles. The van der Waals surface area contributed by atoms with E-state index in [9.17, 15) is 18.0 Å². The molecule has 0 aliphatic carbocycles. The van der Waals surface area contributed by atoms with Crippen molar-refractivity contribution in [2.24, 2.45) is 0 Å². The SMILES string of the molecule is CCS(=O)(=O)Nc1ccc2c(c1)C(=O)N(C)[C@@H]1CC[C@H](CC(=O)N3CCCCC3)O[C@H]1CO2. The number of nitrogens with zero attached hydrogens (tertiary/aromatic N) is 2. The maximum Gasteiger partial charge on any atom is 0.257 e. The Balaban J connectivity index is 1.46. The van der Waals surface area contributed by atoms with Crippen molar-refractivity contribution in [3.8, 4) is 5.75 Å². The van der Waals surface area contributed by atoms with E-state index in [4.69, 9.17) is 9.47 Å². The van der Waals surface area contributed by atoms with E-state index in [1.807, 2.05) is 4.90 Å². The normalized spacial score (nSPS) is 25.9. The molecule has 1 aromatic rings. The van der Waals surface area contributed by atoms with Crippen LogP contribution in [0.2, 0.25) is 0 Å². The van der Waals surface area contributed by atoms with E-state index in [2.05, 4.69) is 4.72 Å². The number of fused-ring (bicyclic) bond motifs is 2. The second kappa shape index (κ2) is 9.89. The minimum atomic E-state index is -3.46. The lowest BCUT2D eigenvalue weighted by Gasteiger charge is -2.42. The Bertz CT molecular complexity index is 992. The lowest BCUT2D eigenvalue weighted by molar-refractivity contribution is -0.143. The first-order valence-corrected chi connectivity index (χ1v) is 13.4. The summed E-state index contributed by atoms with van der Waals surface area (Å²) >= 11 is 0. The van der Waals surface area contributed by atoms with Gasteiger partial charge in [-0.05, 0) is 57.2 Å². The van der Waals surface area contributed by atoms with E-state index >= 15 is 0 Å². The number of ether oxygens (including phenoxy) is 2. The molecule has 0 bridgehead atoms. The molecule has 10 heteroatoms. The molecule has 2 fully saturated rings. The Morgan fingerprint density at radius 1 is 1.18 bits per heavy atom. The van der Waals surface area contributed by atoms with Crippen molar-refractivity contribution in [1.82, 2.24) is 9.80 Å². The van der Waals surface area contributed by atoms with Crippen molar-refractivity contribution >= 4 is 27.5 Å².